The number of hydrogen-bond acceptors (Lipinski definition) is 5. The zero-order valence-corrected chi connectivity index (χ0v) is 10.2. The number of oxime groups is 1. The number of amidine groups is 1. The van der Waals surface area contributed by atoms with Crippen molar-refractivity contribution in [2.75, 3.05) is 5.75 Å². The number of nitrogens with zero attached hydrogens (tertiary/aromatic N) is 3. The topological polar surface area (TPSA) is 84.4 Å². The van der Waals surface area contributed by atoms with Gasteiger partial charge in [0.05, 0.1) is 11.8 Å². The van der Waals surface area contributed by atoms with Crippen LogP contribution in [-0.4, -0.2) is 27.0 Å². The molecule has 1 aromatic heterocycles. The molecule has 3 N–H and O–H groups in total. The predicted molar refractivity (Wildman–Crippen MR) is 64.7 cm³/mol. The minimum atomic E-state index is 0.0709. The molecule has 0 aliphatic carbocycles. The first kappa shape index (κ1) is 12.8. The van der Waals surface area contributed by atoms with Crippen LogP contribution < -0.4 is 5.73 Å². The van der Waals surface area contributed by atoms with Gasteiger partial charge < -0.3 is 10.9 Å². The lowest BCUT2D eigenvalue weighted by molar-refractivity contribution is 0.318. The molecular formula is C10H16N4OS. The van der Waals surface area contributed by atoms with Gasteiger partial charge in [0.2, 0.25) is 0 Å². The van der Waals surface area contributed by atoms with Crippen molar-refractivity contribution in [3.05, 3.63) is 17.8 Å². The highest BCUT2D eigenvalue weighted by Crippen LogP contribution is 2.22. The Balaban J connectivity index is 2.79. The molecule has 0 aromatic carbocycles. The van der Waals surface area contributed by atoms with Gasteiger partial charge in [-0.3, -0.25) is 0 Å². The third-order valence-electron chi connectivity index (χ3n) is 2.27. The number of aromatic nitrogens is 2. The number of hydrogen-bond donors (Lipinski definition) is 2. The van der Waals surface area contributed by atoms with E-state index in [0.717, 1.165) is 12.2 Å². The fourth-order valence-electron chi connectivity index (χ4n) is 1.01. The van der Waals surface area contributed by atoms with Gasteiger partial charge >= 0.3 is 0 Å². The second-order valence-electron chi connectivity index (χ2n) is 3.56. The van der Waals surface area contributed by atoms with Crippen LogP contribution in [0, 0.1) is 5.92 Å². The van der Waals surface area contributed by atoms with Crippen LogP contribution in [0.4, 0.5) is 0 Å². The minimum absolute atomic E-state index is 0.0709. The van der Waals surface area contributed by atoms with Crippen molar-refractivity contribution in [2.24, 2.45) is 16.8 Å². The van der Waals surface area contributed by atoms with Crippen LogP contribution in [-0.2, 0) is 0 Å². The molecule has 0 aliphatic heterocycles. The summed E-state index contributed by atoms with van der Waals surface area (Å²) in [7, 11) is 0. The fraction of sp³-hybridized carbons (Fsp3) is 0.500. The molecule has 1 atom stereocenters. The second kappa shape index (κ2) is 6.32. The third-order valence-corrected chi connectivity index (χ3v) is 3.58. The van der Waals surface area contributed by atoms with Crippen LogP contribution in [0.3, 0.4) is 0 Å². The molecular weight excluding hydrogens is 224 g/mol. The van der Waals surface area contributed by atoms with Crippen molar-refractivity contribution in [3.8, 4) is 0 Å². The summed E-state index contributed by atoms with van der Waals surface area (Å²) in [6.07, 6.45) is 2.65. The van der Waals surface area contributed by atoms with E-state index >= 15 is 0 Å². The van der Waals surface area contributed by atoms with Gasteiger partial charge in [-0.25, -0.2) is 0 Å². The zero-order valence-electron chi connectivity index (χ0n) is 9.42. The molecule has 0 saturated heterocycles. The molecule has 1 rings (SSSR count). The molecule has 0 bridgehead atoms. The predicted octanol–water partition coefficient (Wildman–Crippen LogP) is 1.71. The third kappa shape index (κ3) is 3.37. The Kier molecular flexibility index (Phi) is 5.04. The molecule has 0 fully saturated rings. The Morgan fingerprint density at radius 3 is 3.06 bits per heavy atom. The van der Waals surface area contributed by atoms with Crippen molar-refractivity contribution < 1.29 is 5.21 Å². The van der Waals surface area contributed by atoms with Crippen LogP contribution >= 0.6 is 11.8 Å². The number of nitrogens with two attached hydrogens (primary N) is 1. The van der Waals surface area contributed by atoms with Gasteiger partial charge in [-0.1, -0.05) is 25.4 Å². The van der Waals surface area contributed by atoms with E-state index in [1.807, 2.05) is 0 Å². The monoisotopic (exact) mass is 240 g/mol. The average molecular weight is 240 g/mol. The van der Waals surface area contributed by atoms with Crippen LogP contribution in [0.5, 0.6) is 0 Å². The minimum Gasteiger partial charge on any atom is -0.409 e. The summed E-state index contributed by atoms with van der Waals surface area (Å²) in [6, 6.07) is 1.70. The fourth-order valence-corrected chi connectivity index (χ4v) is 2.12. The summed E-state index contributed by atoms with van der Waals surface area (Å²) in [5.74, 6) is 1.62. The summed E-state index contributed by atoms with van der Waals surface area (Å²) >= 11 is 1.58. The molecule has 0 aliphatic rings. The number of rotatable bonds is 5. The molecule has 1 heterocycles. The lowest BCUT2D eigenvalue weighted by Crippen LogP contribution is -2.15. The molecule has 1 unspecified atom stereocenters. The van der Waals surface area contributed by atoms with E-state index in [2.05, 4.69) is 29.2 Å². The Morgan fingerprint density at radius 2 is 2.44 bits per heavy atom. The lowest BCUT2D eigenvalue weighted by atomic mass is 10.2. The Labute approximate surface area is 99.1 Å². The highest BCUT2D eigenvalue weighted by Gasteiger charge is 2.10. The average Bonchev–Trinajstić information content (AvgIpc) is 2.35. The first-order chi connectivity index (χ1) is 7.69. The maximum atomic E-state index is 8.64. The first-order valence-corrected chi connectivity index (χ1v) is 6.10. The largest absolute Gasteiger partial charge is 0.409 e. The van der Waals surface area contributed by atoms with Gasteiger partial charge in [0.25, 0.3) is 0 Å². The zero-order chi connectivity index (χ0) is 12.0. The molecule has 1 aromatic rings. The van der Waals surface area contributed by atoms with E-state index in [-0.39, 0.29) is 5.84 Å². The van der Waals surface area contributed by atoms with E-state index in [0.29, 0.717) is 16.5 Å². The smallest absolute Gasteiger partial charge is 0.172 e. The summed E-state index contributed by atoms with van der Waals surface area (Å²) in [5.41, 5.74) is 6.18. The van der Waals surface area contributed by atoms with Gasteiger partial charge in [-0.15, -0.1) is 16.9 Å². The summed E-state index contributed by atoms with van der Waals surface area (Å²) < 4.78 is 0. The molecule has 0 radical (unpaired) electrons. The second-order valence-corrected chi connectivity index (χ2v) is 4.57. The van der Waals surface area contributed by atoms with Crippen LogP contribution in [0.1, 0.15) is 25.8 Å². The summed E-state index contributed by atoms with van der Waals surface area (Å²) in [4.78, 5) is 0. The van der Waals surface area contributed by atoms with E-state index in [1.54, 1.807) is 17.8 Å². The molecule has 16 heavy (non-hydrogen) atoms. The van der Waals surface area contributed by atoms with Crippen molar-refractivity contribution in [1.82, 2.24) is 10.2 Å². The highest BCUT2D eigenvalue weighted by atomic mass is 32.2. The molecule has 88 valence electrons. The molecule has 0 saturated carbocycles. The summed E-state index contributed by atoms with van der Waals surface area (Å²) in [5, 5.41) is 20.1. The summed E-state index contributed by atoms with van der Waals surface area (Å²) in [6.45, 7) is 4.32. The quantitative estimate of drug-likeness (QED) is 0.269. The highest BCUT2D eigenvalue weighted by molar-refractivity contribution is 7.99. The van der Waals surface area contributed by atoms with E-state index in [4.69, 9.17) is 10.9 Å². The maximum absolute atomic E-state index is 8.64. The number of thioether (sulfide) groups is 1. The van der Waals surface area contributed by atoms with Crippen molar-refractivity contribution in [3.63, 3.8) is 0 Å². The van der Waals surface area contributed by atoms with Crippen molar-refractivity contribution in [1.29, 1.82) is 0 Å². The Hall–Kier alpha value is -1.30. The van der Waals surface area contributed by atoms with E-state index in [9.17, 15) is 0 Å². The first-order valence-electron chi connectivity index (χ1n) is 5.11. The lowest BCUT2D eigenvalue weighted by Gasteiger charge is -2.09. The van der Waals surface area contributed by atoms with E-state index in [1.165, 1.54) is 6.20 Å². The van der Waals surface area contributed by atoms with Crippen LogP contribution in [0.2, 0.25) is 0 Å². The van der Waals surface area contributed by atoms with Gasteiger partial charge in [0, 0.05) is 5.75 Å². The molecule has 5 nitrogen and oxygen atoms in total. The standard InChI is InChI=1S/C10H16N4OS/c1-3-7(2)6-16-10-8(9(11)14-15)4-5-12-13-10/h4-5,7,15H,3,6H2,1-2H3,(H2,11,14). The molecule has 0 amide bonds. The SMILES string of the molecule is CCC(C)CSc1nnccc1/C(N)=N/O. The van der Waals surface area contributed by atoms with Crippen molar-refractivity contribution in [2.45, 2.75) is 25.3 Å². The molecule has 0 spiro atoms. The van der Waals surface area contributed by atoms with Crippen LogP contribution in [0.15, 0.2) is 22.4 Å². The van der Waals surface area contributed by atoms with Gasteiger partial charge in [0.1, 0.15) is 5.03 Å². The Bertz CT molecular complexity index is 370. The van der Waals surface area contributed by atoms with E-state index < -0.39 is 0 Å². The Morgan fingerprint density at radius 1 is 1.69 bits per heavy atom. The molecule has 6 heteroatoms. The van der Waals surface area contributed by atoms with Gasteiger partial charge in [0.15, 0.2) is 5.84 Å². The van der Waals surface area contributed by atoms with Crippen LogP contribution in [0.25, 0.3) is 0 Å². The normalized spacial score (nSPS) is 13.8. The van der Waals surface area contributed by atoms with Gasteiger partial charge in [-0.05, 0) is 12.0 Å². The maximum Gasteiger partial charge on any atom is 0.172 e. The van der Waals surface area contributed by atoms with Crippen molar-refractivity contribution >= 4 is 17.6 Å². The van der Waals surface area contributed by atoms with Gasteiger partial charge in [-0.2, -0.15) is 5.10 Å².